The summed E-state index contributed by atoms with van der Waals surface area (Å²) in [6.07, 6.45) is 2.46. The molecule has 1 unspecified atom stereocenters. The average molecular weight is 615 g/mol. The summed E-state index contributed by atoms with van der Waals surface area (Å²) < 4.78 is 10.9. The number of rotatable bonds is 8. The van der Waals surface area contributed by atoms with Crippen LogP contribution in [-0.4, -0.2) is 69.2 Å². The highest BCUT2D eigenvalue weighted by molar-refractivity contribution is 6.07. The Morgan fingerprint density at radius 3 is 2.38 bits per heavy atom. The molecule has 1 N–H and O–H groups in total. The highest BCUT2D eigenvalue weighted by Crippen LogP contribution is 2.37. The van der Waals surface area contributed by atoms with Crippen LogP contribution in [0.4, 0.5) is 15.4 Å². The van der Waals surface area contributed by atoms with E-state index in [9.17, 15) is 24.3 Å². The molecule has 11 nitrogen and oxygen atoms in total. The van der Waals surface area contributed by atoms with E-state index >= 15 is 0 Å². The number of likely N-dealkylation sites (tertiary alicyclic amines) is 2. The number of carbonyl (C=O) groups excluding carboxylic acids is 3. The minimum absolute atomic E-state index is 0.0574. The first kappa shape index (κ1) is 31.5. The Hall–Kier alpha value is -4.93. The molecule has 3 aromatic rings. The van der Waals surface area contributed by atoms with Gasteiger partial charge < -0.3 is 19.5 Å². The van der Waals surface area contributed by atoms with Crippen LogP contribution in [0.2, 0.25) is 0 Å². The van der Waals surface area contributed by atoms with Gasteiger partial charge in [-0.25, -0.2) is 24.3 Å². The van der Waals surface area contributed by atoms with Gasteiger partial charge in [-0.1, -0.05) is 42.5 Å². The van der Waals surface area contributed by atoms with Crippen LogP contribution >= 0.6 is 0 Å². The maximum Gasteiger partial charge on any atom is 0.416 e. The Bertz CT molecular complexity index is 1550. The van der Waals surface area contributed by atoms with Crippen LogP contribution in [-0.2, 0) is 27.3 Å². The van der Waals surface area contributed by atoms with Gasteiger partial charge in [0.1, 0.15) is 17.2 Å². The van der Waals surface area contributed by atoms with Gasteiger partial charge in [0.25, 0.3) is 0 Å². The monoisotopic (exact) mass is 614 g/mol. The summed E-state index contributed by atoms with van der Waals surface area (Å²) in [5, 5.41) is 10.1. The molecular weight excluding hydrogens is 576 g/mol. The average Bonchev–Trinajstić information content (AvgIpc) is 3.51. The van der Waals surface area contributed by atoms with Crippen LogP contribution in [0, 0.1) is 5.92 Å². The number of carboxylic acid groups (broad SMARTS) is 1. The molecule has 45 heavy (non-hydrogen) atoms. The summed E-state index contributed by atoms with van der Waals surface area (Å²) in [7, 11) is 1.57. The number of aliphatic carboxylic acids is 1. The number of amides is 4. The van der Waals surface area contributed by atoms with Crippen molar-refractivity contribution in [3.05, 3.63) is 89.6 Å². The molecule has 1 aromatic heterocycles. The number of urea groups is 1. The number of nitrogens with zero attached hydrogens (tertiary/aromatic N) is 4. The first-order valence-corrected chi connectivity index (χ1v) is 15.0. The fourth-order valence-electron chi connectivity index (χ4n) is 5.86. The zero-order valence-electron chi connectivity index (χ0n) is 25.9. The van der Waals surface area contributed by atoms with Gasteiger partial charge in [-0.05, 0) is 81.0 Å². The first-order chi connectivity index (χ1) is 21.5. The summed E-state index contributed by atoms with van der Waals surface area (Å²) >= 11 is 0. The van der Waals surface area contributed by atoms with E-state index in [0.717, 1.165) is 28.9 Å². The number of imide groups is 1. The van der Waals surface area contributed by atoms with Gasteiger partial charge in [0.2, 0.25) is 5.91 Å². The number of anilines is 1. The van der Waals surface area contributed by atoms with Crippen molar-refractivity contribution in [2.45, 2.75) is 64.3 Å². The van der Waals surface area contributed by atoms with Crippen molar-refractivity contribution >= 4 is 29.8 Å². The normalized spacial score (nSPS) is 19.6. The van der Waals surface area contributed by atoms with E-state index in [0.29, 0.717) is 17.9 Å². The highest BCUT2D eigenvalue weighted by Gasteiger charge is 2.56. The number of carbonyl (C=O) groups is 4. The van der Waals surface area contributed by atoms with E-state index in [4.69, 9.17) is 9.47 Å². The molecule has 2 aromatic carbocycles. The number of hydrogen-bond acceptors (Lipinski definition) is 7. The lowest BCUT2D eigenvalue weighted by atomic mass is 9.82. The van der Waals surface area contributed by atoms with Gasteiger partial charge in [-0.15, -0.1) is 0 Å². The number of pyridine rings is 1. The minimum atomic E-state index is -1.31. The van der Waals surface area contributed by atoms with Crippen molar-refractivity contribution in [1.29, 1.82) is 0 Å². The van der Waals surface area contributed by atoms with Crippen LogP contribution < -0.4 is 9.64 Å². The predicted molar refractivity (Wildman–Crippen MR) is 166 cm³/mol. The van der Waals surface area contributed by atoms with Crippen LogP contribution in [0.25, 0.3) is 0 Å². The topological polar surface area (TPSA) is 130 Å². The first-order valence-electron chi connectivity index (χ1n) is 15.0. The molecule has 2 saturated heterocycles. The lowest BCUT2D eigenvalue weighted by Crippen LogP contribution is -2.68. The van der Waals surface area contributed by atoms with E-state index in [1.54, 1.807) is 57.0 Å². The largest absolute Gasteiger partial charge is 0.497 e. The Morgan fingerprint density at radius 1 is 1.02 bits per heavy atom. The number of β-lactam (4-membered cyclic amide) rings is 1. The van der Waals surface area contributed by atoms with Crippen LogP contribution in [0.5, 0.6) is 5.75 Å². The van der Waals surface area contributed by atoms with E-state index in [1.165, 1.54) is 11.1 Å². The second-order valence-electron chi connectivity index (χ2n) is 12.3. The number of ether oxygens (including phenoxy) is 2. The van der Waals surface area contributed by atoms with Crippen molar-refractivity contribution in [2.24, 2.45) is 5.92 Å². The summed E-state index contributed by atoms with van der Waals surface area (Å²) in [5.74, 6) is -1.77. The fourth-order valence-corrected chi connectivity index (χ4v) is 5.86. The molecule has 0 saturated carbocycles. The molecule has 0 radical (unpaired) electrons. The number of carboxylic acids is 1. The van der Waals surface area contributed by atoms with E-state index < -0.39 is 41.6 Å². The maximum atomic E-state index is 13.6. The van der Waals surface area contributed by atoms with Crippen LogP contribution in [0.15, 0.2) is 72.9 Å². The van der Waals surface area contributed by atoms with Gasteiger partial charge in [-0.2, -0.15) is 0 Å². The quantitative estimate of drug-likeness (QED) is 0.332. The Balaban J connectivity index is 1.35. The molecule has 3 heterocycles. The van der Waals surface area contributed by atoms with Gasteiger partial charge in [0, 0.05) is 12.7 Å². The van der Waals surface area contributed by atoms with E-state index in [-0.39, 0.29) is 24.8 Å². The molecule has 5 rings (SSSR count). The summed E-state index contributed by atoms with van der Waals surface area (Å²) in [6, 6.07) is 18.0. The molecule has 236 valence electrons. The lowest BCUT2D eigenvalue weighted by molar-refractivity contribution is -0.166. The summed E-state index contributed by atoms with van der Waals surface area (Å²) in [4.78, 5) is 61.0. The zero-order chi connectivity index (χ0) is 32.3. The smallest absolute Gasteiger partial charge is 0.416 e. The second-order valence-corrected chi connectivity index (χ2v) is 12.3. The molecule has 11 heteroatoms. The van der Waals surface area contributed by atoms with Crippen molar-refractivity contribution in [3.63, 3.8) is 0 Å². The highest BCUT2D eigenvalue weighted by atomic mass is 16.6. The Kier molecular flexibility index (Phi) is 9.08. The molecule has 2 aliphatic heterocycles. The molecule has 4 amide bonds. The standard InChI is InChI=1S/C34H38N4O7/c1-34(2,3)45-33(43)37(21-22-12-14-25(44-4)15-13-22)28-20-23(16-17-35-28)19-26-29(31(40)41)38(30(26)39)32(42)36-18-8-11-27(36)24-9-6-5-7-10-24/h5-7,9-10,12-17,20,26-27,29H,8,11,18-19,21H2,1-4H3,(H,40,41)/t26-,27?,29+/m1/s1. The molecule has 3 atom stereocenters. The molecule has 2 aliphatic rings. The van der Waals surface area contributed by atoms with Crippen molar-refractivity contribution in [1.82, 2.24) is 14.8 Å². The van der Waals surface area contributed by atoms with E-state index in [2.05, 4.69) is 4.98 Å². The number of hydrogen-bond donors (Lipinski definition) is 1. The molecule has 0 aliphatic carbocycles. The molecule has 0 spiro atoms. The maximum absolute atomic E-state index is 13.6. The predicted octanol–water partition coefficient (Wildman–Crippen LogP) is 5.44. The molecule has 0 bridgehead atoms. The van der Waals surface area contributed by atoms with Crippen molar-refractivity contribution < 1.29 is 33.8 Å². The van der Waals surface area contributed by atoms with Crippen molar-refractivity contribution in [3.8, 4) is 5.75 Å². The summed E-state index contributed by atoms with van der Waals surface area (Å²) in [5.41, 5.74) is 1.60. The number of methoxy groups -OCH3 is 1. The third kappa shape index (κ3) is 6.92. The SMILES string of the molecule is COc1ccc(CN(C(=O)OC(C)(C)C)c2cc(C[C@H]3C(=O)N(C(=O)N4CCCC4c4ccccc4)[C@@H]3C(=O)O)ccn2)cc1. The van der Waals surface area contributed by atoms with E-state index in [1.807, 2.05) is 42.5 Å². The van der Waals surface area contributed by atoms with Gasteiger partial charge in [-0.3, -0.25) is 9.69 Å². The zero-order valence-corrected chi connectivity index (χ0v) is 25.9. The lowest BCUT2D eigenvalue weighted by Gasteiger charge is -2.45. The fraction of sp³-hybridized carbons (Fsp3) is 0.382. The third-order valence-electron chi connectivity index (χ3n) is 8.01. The molecule has 2 fully saturated rings. The minimum Gasteiger partial charge on any atom is -0.497 e. The Morgan fingerprint density at radius 2 is 1.73 bits per heavy atom. The van der Waals surface area contributed by atoms with Gasteiger partial charge in [0.05, 0.1) is 25.6 Å². The van der Waals surface area contributed by atoms with Gasteiger partial charge in [0.15, 0.2) is 6.04 Å². The Labute approximate surface area is 262 Å². The number of aromatic nitrogens is 1. The van der Waals surface area contributed by atoms with Gasteiger partial charge >= 0.3 is 18.1 Å². The number of benzene rings is 2. The summed E-state index contributed by atoms with van der Waals surface area (Å²) in [6.45, 7) is 5.90. The third-order valence-corrected chi connectivity index (χ3v) is 8.01. The molecular formula is C34H38N4O7. The van der Waals surface area contributed by atoms with Crippen LogP contribution in [0.3, 0.4) is 0 Å². The van der Waals surface area contributed by atoms with Crippen LogP contribution in [0.1, 0.15) is 56.3 Å². The van der Waals surface area contributed by atoms with Crippen molar-refractivity contribution in [2.75, 3.05) is 18.6 Å². The second kappa shape index (κ2) is 13.0.